The van der Waals surface area contributed by atoms with E-state index >= 15 is 0 Å². The van der Waals surface area contributed by atoms with Gasteiger partial charge in [-0.1, -0.05) is 20.8 Å². The van der Waals surface area contributed by atoms with Gasteiger partial charge in [0.1, 0.15) is 36.1 Å². The van der Waals surface area contributed by atoms with Crippen LogP contribution in [0.2, 0.25) is 0 Å². The number of hydrogen-bond donors (Lipinski definition) is 3. The number of halogens is 1. The van der Waals surface area contributed by atoms with Gasteiger partial charge in [-0.15, -0.1) is 0 Å². The van der Waals surface area contributed by atoms with Crippen LogP contribution in [0.15, 0.2) is 36.8 Å². The predicted molar refractivity (Wildman–Crippen MR) is 125 cm³/mol. The first-order valence-electron chi connectivity index (χ1n) is 10.6. The molecule has 3 N–H and O–H groups in total. The topological polar surface area (TPSA) is 110 Å². The molecule has 0 radical (unpaired) electrons. The van der Waals surface area contributed by atoms with Crippen molar-refractivity contribution in [3.63, 3.8) is 0 Å². The van der Waals surface area contributed by atoms with Gasteiger partial charge >= 0.3 is 6.03 Å². The first-order valence-corrected chi connectivity index (χ1v) is 10.6. The van der Waals surface area contributed by atoms with E-state index in [1.54, 1.807) is 25.3 Å². The molecule has 2 aromatic heterocycles. The van der Waals surface area contributed by atoms with Crippen LogP contribution in [0.4, 0.5) is 26.5 Å². The molecule has 1 aromatic carbocycles. The van der Waals surface area contributed by atoms with Crippen LogP contribution >= 0.6 is 0 Å². The minimum Gasteiger partial charge on any atom is -0.491 e. The number of carbonyl (C=O) groups excluding carboxylic acids is 1. The van der Waals surface area contributed by atoms with Gasteiger partial charge in [-0.05, 0) is 24.0 Å². The number of ether oxygens (including phenoxy) is 2. The molecule has 3 aromatic rings. The SMILES string of the molecule is COCCOc1cc(F)c2c(Nc3ccc(NC(=O)NCCC(C)(C)C)nc3)ncnc2c1. The van der Waals surface area contributed by atoms with E-state index in [1.165, 1.54) is 18.6 Å². The summed E-state index contributed by atoms with van der Waals surface area (Å²) in [5.41, 5.74) is 1.12. The minimum absolute atomic E-state index is 0.141. The zero-order chi connectivity index (χ0) is 23.8. The van der Waals surface area contributed by atoms with E-state index in [0.29, 0.717) is 48.3 Å². The summed E-state index contributed by atoms with van der Waals surface area (Å²) in [6.45, 7) is 7.61. The number of aromatic nitrogens is 3. The van der Waals surface area contributed by atoms with Gasteiger partial charge in [0, 0.05) is 25.8 Å². The Labute approximate surface area is 192 Å². The number of carbonyl (C=O) groups is 1. The fourth-order valence-corrected chi connectivity index (χ4v) is 2.93. The van der Waals surface area contributed by atoms with Crippen LogP contribution in [0, 0.1) is 11.2 Å². The van der Waals surface area contributed by atoms with Crippen molar-refractivity contribution in [2.75, 3.05) is 37.5 Å². The first-order chi connectivity index (χ1) is 15.7. The van der Waals surface area contributed by atoms with Crippen LogP contribution in [0.25, 0.3) is 10.9 Å². The molecule has 0 aliphatic heterocycles. The van der Waals surface area contributed by atoms with E-state index < -0.39 is 5.82 Å². The molecule has 0 unspecified atom stereocenters. The number of nitrogens with one attached hydrogen (secondary N) is 3. The van der Waals surface area contributed by atoms with Gasteiger partial charge in [-0.2, -0.15) is 0 Å². The molecule has 3 rings (SSSR count). The molecule has 0 saturated carbocycles. The average Bonchev–Trinajstić information content (AvgIpc) is 2.74. The Kier molecular flexibility index (Phi) is 7.94. The number of pyridine rings is 1. The van der Waals surface area contributed by atoms with Crippen molar-refractivity contribution in [3.05, 3.63) is 42.6 Å². The molecular formula is C23H29FN6O3. The summed E-state index contributed by atoms with van der Waals surface area (Å²) >= 11 is 0. The lowest BCUT2D eigenvalue weighted by atomic mass is 9.92. The first kappa shape index (κ1) is 24.1. The van der Waals surface area contributed by atoms with Gasteiger partial charge in [0.2, 0.25) is 0 Å². The van der Waals surface area contributed by atoms with Gasteiger partial charge in [-0.25, -0.2) is 24.1 Å². The molecule has 0 spiro atoms. The average molecular weight is 457 g/mol. The second kappa shape index (κ2) is 10.9. The van der Waals surface area contributed by atoms with Gasteiger partial charge in [0.05, 0.1) is 29.4 Å². The summed E-state index contributed by atoms with van der Waals surface area (Å²) in [4.78, 5) is 24.6. The van der Waals surface area contributed by atoms with E-state index in [1.807, 2.05) is 0 Å². The molecule has 2 amide bonds. The summed E-state index contributed by atoms with van der Waals surface area (Å²) in [7, 11) is 1.57. The standard InChI is InChI=1S/C23H29FN6O3/c1-23(2,3)7-8-25-22(31)30-19-6-5-15(13-26-19)29-21-20-17(24)11-16(33-10-9-32-4)12-18(20)27-14-28-21/h5-6,11-14H,7-10H2,1-4H3,(H,27,28,29)(H2,25,26,30,31). The van der Waals surface area contributed by atoms with Crippen LogP contribution in [-0.4, -0.2) is 47.9 Å². The Morgan fingerprint density at radius 3 is 2.64 bits per heavy atom. The highest BCUT2D eigenvalue weighted by molar-refractivity contribution is 5.92. The van der Waals surface area contributed by atoms with Crippen molar-refractivity contribution in [1.29, 1.82) is 0 Å². The molecule has 9 nitrogen and oxygen atoms in total. The number of fused-ring (bicyclic) bond motifs is 1. The Morgan fingerprint density at radius 1 is 1.12 bits per heavy atom. The normalized spacial score (nSPS) is 11.3. The van der Waals surface area contributed by atoms with Gasteiger partial charge in [0.15, 0.2) is 0 Å². The highest BCUT2D eigenvalue weighted by Gasteiger charge is 2.13. The maximum absolute atomic E-state index is 14.8. The second-order valence-electron chi connectivity index (χ2n) is 8.61. The molecule has 0 aliphatic carbocycles. The second-order valence-corrected chi connectivity index (χ2v) is 8.61. The fraction of sp³-hybridized carbons (Fsp3) is 0.391. The van der Waals surface area contributed by atoms with Gasteiger partial charge in [0.25, 0.3) is 0 Å². The summed E-state index contributed by atoms with van der Waals surface area (Å²) in [6.07, 6.45) is 3.73. The van der Waals surface area contributed by atoms with E-state index in [2.05, 4.69) is 51.7 Å². The molecule has 0 atom stereocenters. The molecule has 10 heteroatoms. The van der Waals surface area contributed by atoms with Crippen molar-refractivity contribution in [3.8, 4) is 5.75 Å². The zero-order valence-corrected chi connectivity index (χ0v) is 19.2. The number of urea groups is 1. The third-order valence-corrected chi connectivity index (χ3v) is 4.65. The Hall–Kier alpha value is -3.53. The molecule has 0 saturated heterocycles. The maximum atomic E-state index is 14.8. The Morgan fingerprint density at radius 2 is 1.94 bits per heavy atom. The third kappa shape index (κ3) is 7.25. The third-order valence-electron chi connectivity index (χ3n) is 4.65. The lowest BCUT2D eigenvalue weighted by Gasteiger charge is -2.18. The molecule has 0 bridgehead atoms. The smallest absolute Gasteiger partial charge is 0.320 e. The van der Waals surface area contributed by atoms with Crippen LogP contribution in [0.1, 0.15) is 27.2 Å². The number of benzene rings is 1. The number of rotatable bonds is 9. The van der Waals surface area contributed by atoms with Crippen molar-refractivity contribution >= 4 is 34.3 Å². The monoisotopic (exact) mass is 456 g/mol. The van der Waals surface area contributed by atoms with E-state index in [0.717, 1.165) is 6.42 Å². The highest BCUT2D eigenvalue weighted by Crippen LogP contribution is 2.29. The molecule has 176 valence electrons. The van der Waals surface area contributed by atoms with E-state index in [9.17, 15) is 9.18 Å². The number of amides is 2. The van der Waals surface area contributed by atoms with Gasteiger partial charge < -0.3 is 20.1 Å². The Bertz CT molecular complexity index is 1090. The van der Waals surface area contributed by atoms with Crippen molar-refractivity contribution in [2.24, 2.45) is 5.41 Å². The van der Waals surface area contributed by atoms with Crippen molar-refractivity contribution < 1.29 is 18.7 Å². The fourth-order valence-electron chi connectivity index (χ4n) is 2.93. The van der Waals surface area contributed by atoms with Gasteiger partial charge in [-0.3, -0.25) is 5.32 Å². The molecule has 33 heavy (non-hydrogen) atoms. The van der Waals surface area contributed by atoms with Crippen LogP contribution in [0.5, 0.6) is 5.75 Å². The van der Waals surface area contributed by atoms with E-state index in [4.69, 9.17) is 9.47 Å². The Balaban J connectivity index is 1.65. The number of anilines is 3. The van der Waals surface area contributed by atoms with Crippen LogP contribution in [0.3, 0.4) is 0 Å². The van der Waals surface area contributed by atoms with E-state index in [-0.39, 0.29) is 16.8 Å². The van der Waals surface area contributed by atoms with Crippen molar-refractivity contribution in [2.45, 2.75) is 27.2 Å². The predicted octanol–water partition coefficient (Wildman–Crippen LogP) is 4.49. The molecular weight excluding hydrogens is 427 g/mol. The minimum atomic E-state index is -0.513. The zero-order valence-electron chi connectivity index (χ0n) is 19.2. The summed E-state index contributed by atoms with van der Waals surface area (Å²) in [6, 6.07) is 5.97. The summed E-state index contributed by atoms with van der Waals surface area (Å²) in [5, 5.41) is 8.78. The molecule has 2 heterocycles. The van der Waals surface area contributed by atoms with Crippen molar-refractivity contribution in [1.82, 2.24) is 20.3 Å². The van der Waals surface area contributed by atoms with Crippen LogP contribution in [-0.2, 0) is 4.74 Å². The quantitative estimate of drug-likeness (QED) is 0.407. The lowest BCUT2D eigenvalue weighted by molar-refractivity contribution is 0.146. The number of hydrogen-bond acceptors (Lipinski definition) is 7. The highest BCUT2D eigenvalue weighted by atomic mass is 19.1. The number of nitrogens with zero attached hydrogens (tertiary/aromatic N) is 3. The van der Waals surface area contributed by atoms with Crippen LogP contribution < -0.4 is 20.7 Å². The number of methoxy groups -OCH3 is 1. The summed E-state index contributed by atoms with van der Waals surface area (Å²) in [5.74, 6) is 0.537. The summed E-state index contributed by atoms with van der Waals surface area (Å²) < 4.78 is 25.2. The lowest BCUT2D eigenvalue weighted by Crippen LogP contribution is -2.31. The maximum Gasteiger partial charge on any atom is 0.320 e. The molecule has 0 fully saturated rings. The molecule has 0 aliphatic rings. The largest absolute Gasteiger partial charge is 0.491 e.